The molecule has 0 fully saturated rings. The molecule has 1 aromatic carbocycles. The fourth-order valence-corrected chi connectivity index (χ4v) is 2.24. The van der Waals surface area contributed by atoms with Crippen molar-refractivity contribution < 1.29 is 4.79 Å². The van der Waals surface area contributed by atoms with Crippen LogP contribution in [-0.4, -0.2) is 20.7 Å². The second kappa shape index (κ2) is 5.00. The summed E-state index contributed by atoms with van der Waals surface area (Å²) in [5.41, 5.74) is 1.17. The fraction of sp³-hybridized carbons (Fsp3) is 0.182. The second-order valence-electron chi connectivity index (χ2n) is 2.69. The van der Waals surface area contributed by atoms with Gasteiger partial charge in [-0.25, -0.2) is 0 Å². The molecular weight excluding hydrogens is 227 g/mol. The van der Waals surface area contributed by atoms with Crippen molar-refractivity contribution in [2.45, 2.75) is 12.7 Å². The van der Waals surface area contributed by atoms with Gasteiger partial charge in [0.2, 0.25) is 0 Å². The first-order chi connectivity index (χ1) is 6.24. The zero-order chi connectivity index (χ0) is 9.68. The monoisotopic (exact) mass is 240 g/mol. The zero-order valence-corrected chi connectivity index (χ0v) is 9.49. The standard InChI is InChI=1S/C11H12OSe/c1-9(12)7-8-10-5-3-4-6-11(10)13-2/h3-8H,1-2H3/b8-7+. The van der Waals surface area contributed by atoms with E-state index in [-0.39, 0.29) is 5.78 Å². The number of carbonyl (C=O) groups is 1. The molecule has 2 heteroatoms. The van der Waals surface area contributed by atoms with Crippen LogP contribution in [0.4, 0.5) is 0 Å². The molecule has 0 saturated heterocycles. The Hall–Kier alpha value is -0.851. The van der Waals surface area contributed by atoms with Crippen LogP contribution in [0.1, 0.15) is 12.5 Å². The molecule has 0 amide bonds. The van der Waals surface area contributed by atoms with Crippen molar-refractivity contribution in [3.8, 4) is 0 Å². The van der Waals surface area contributed by atoms with Gasteiger partial charge in [0.1, 0.15) is 0 Å². The number of carbonyl (C=O) groups excluding carboxylic acids is 1. The van der Waals surface area contributed by atoms with Gasteiger partial charge in [-0.05, 0) is 0 Å². The molecule has 0 atom stereocenters. The number of ketones is 1. The first-order valence-corrected chi connectivity index (χ1v) is 6.62. The Labute approximate surface area is 85.0 Å². The Morgan fingerprint density at radius 1 is 1.38 bits per heavy atom. The van der Waals surface area contributed by atoms with Crippen LogP contribution in [0.25, 0.3) is 6.08 Å². The number of rotatable bonds is 3. The van der Waals surface area contributed by atoms with Crippen LogP contribution < -0.4 is 4.46 Å². The average molecular weight is 239 g/mol. The molecule has 1 nitrogen and oxygen atoms in total. The van der Waals surface area contributed by atoms with Crippen LogP contribution in [0.15, 0.2) is 30.3 Å². The van der Waals surface area contributed by atoms with Gasteiger partial charge in [0.15, 0.2) is 0 Å². The van der Waals surface area contributed by atoms with Crippen LogP contribution in [0, 0.1) is 0 Å². The molecule has 0 unspecified atom stereocenters. The van der Waals surface area contributed by atoms with Gasteiger partial charge in [-0.15, -0.1) is 0 Å². The molecule has 0 N–H and O–H groups in total. The molecule has 0 aliphatic carbocycles. The van der Waals surface area contributed by atoms with E-state index in [9.17, 15) is 4.79 Å². The summed E-state index contributed by atoms with van der Waals surface area (Å²) in [5, 5.41) is 0. The molecule has 0 radical (unpaired) electrons. The van der Waals surface area contributed by atoms with Gasteiger partial charge in [-0.1, -0.05) is 0 Å². The molecule has 1 rings (SSSR count). The van der Waals surface area contributed by atoms with E-state index in [1.165, 1.54) is 10.0 Å². The van der Waals surface area contributed by atoms with E-state index < -0.39 is 0 Å². The van der Waals surface area contributed by atoms with Crippen LogP contribution in [0.3, 0.4) is 0 Å². The number of hydrogen-bond acceptors (Lipinski definition) is 1. The third-order valence-electron chi connectivity index (χ3n) is 1.64. The van der Waals surface area contributed by atoms with E-state index in [1.807, 2.05) is 24.3 Å². The normalized spacial score (nSPS) is 10.6. The van der Waals surface area contributed by atoms with Crippen molar-refractivity contribution in [2.75, 3.05) is 0 Å². The molecule has 0 aliphatic rings. The van der Waals surface area contributed by atoms with Crippen molar-refractivity contribution in [3.05, 3.63) is 35.9 Å². The predicted molar refractivity (Wildman–Crippen MR) is 57.4 cm³/mol. The van der Waals surface area contributed by atoms with E-state index in [2.05, 4.69) is 11.9 Å². The summed E-state index contributed by atoms with van der Waals surface area (Å²) in [6.07, 6.45) is 3.51. The summed E-state index contributed by atoms with van der Waals surface area (Å²) < 4.78 is 1.34. The second-order valence-corrected chi connectivity index (χ2v) is 4.47. The molecule has 68 valence electrons. The maximum atomic E-state index is 10.7. The third kappa shape index (κ3) is 3.17. The maximum absolute atomic E-state index is 10.7. The summed E-state index contributed by atoms with van der Waals surface area (Å²) in [5.74, 6) is 2.27. The van der Waals surface area contributed by atoms with Crippen LogP contribution in [0.5, 0.6) is 0 Å². The Morgan fingerprint density at radius 3 is 2.69 bits per heavy atom. The van der Waals surface area contributed by atoms with Crippen molar-refractivity contribution in [1.29, 1.82) is 0 Å². The van der Waals surface area contributed by atoms with Gasteiger partial charge in [0, 0.05) is 0 Å². The molecule has 0 aliphatic heterocycles. The third-order valence-corrected chi connectivity index (χ3v) is 3.34. The Kier molecular flexibility index (Phi) is 3.94. The van der Waals surface area contributed by atoms with Crippen LogP contribution in [0.2, 0.25) is 5.82 Å². The minimum atomic E-state index is 0.0957. The molecule has 0 aromatic heterocycles. The van der Waals surface area contributed by atoms with Crippen molar-refractivity contribution in [3.63, 3.8) is 0 Å². The van der Waals surface area contributed by atoms with Crippen molar-refractivity contribution in [1.82, 2.24) is 0 Å². The fourth-order valence-electron chi connectivity index (χ4n) is 1.01. The molecule has 0 saturated carbocycles. The van der Waals surface area contributed by atoms with E-state index in [1.54, 1.807) is 13.0 Å². The van der Waals surface area contributed by atoms with Crippen LogP contribution >= 0.6 is 0 Å². The average Bonchev–Trinajstić information content (AvgIpc) is 2.15. The predicted octanol–water partition coefficient (Wildman–Crippen LogP) is 1.67. The molecule has 0 heterocycles. The number of hydrogen-bond donors (Lipinski definition) is 0. The quantitative estimate of drug-likeness (QED) is 0.579. The van der Waals surface area contributed by atoms with Crippen molar-refractivity contribution >= 4 is 31.3 Å². The molecule has 0 bridgehead atoms. The van der Waals surface area contributed by atoms with Gasteiger partial charge in [-0.3, -0.25) is 0 Å². The zero-order valence-electron chi connectivity index (χ0n) is 7.78. The topological polar surface area (TPSA) is 17.1 Å². The van der Waals surface area contributed by atoms with Gasteiger partial charge in [0.05, 0.1) is 0 Å². The minimum absolute atomic E-state index is 0.0957. The molecule has 1 aromatic rings. The summed E-state index contributed by atoms with van der Waals surface area (Å²) in [6, 6.07) is 8.18. The summed E-state index contributed by atoms with van der Waals surface area (Å²) in [4.78, 5) is 10.7. The SMILES string of the molecule is C[Se]c1ccccc1/C=C/C(C)=O. The number of benzene rings is 1. The van der Waals surface area contributed by atoms with Crippen molar-refractivity contribution in [2.24, 2.45) is 0 Å². The number of allylic oxidation sites excluding steroid dienone is 1. The first kappa shape index (κ1) is 10.2. The van der Waals surface area contributed by atoms with E-state index in [0.717, 1.165) is 0 Å². The Morgan fingerprint density at radius 2 is 2.08 bits per heavy atom. The molecule has 13 heavy (non-hydrogen) atoms. The first-order valence-electron chi connectivity index (χ1n) is 4.05. The summed E-state index contributed by atoms with van der Waals surface area (Å²) in [7, 11) is 0. The molecule has 0 spiro atoms. The van der Waals surface area contributed by atoms with Gasteiger partial charge < -0.3 is 0 Å². The van der Waals surface area contributed by atoms with Gasteiger partial charge in [-0.2, -0.15) is 0 Å². The van der Waals surface area contributed by atoms with E-state index in [0.29, 0.717) is 15.0 Å². The van der Waals surface area contributed by atoms with Crippen LogP contribution in [-0.2, 0) is 4.79 Å². The van der Waals surface area contributed by atoms with E-state index >= 15 is 0 Å². The van der Waals surface area contributed by atoms with E-state index in [4.69, 9.17) is 0 Å². The molecular formula is C11H12OSe. The summed E-state index contributed by atoms with van der Waals surface area (Å²) in [6.45, 7) is 1.57. The summed E-state index contributed by atoms with van der Waals surface area (Å²) >= 11 is 0.484. The van der Waals surface area contributed by atoms with Gasteiger partial charge in [0.25, 0.3) is 0 Å². The Bertz CT molecular complexity index is 329. The van der Waals surface area contributed by atoms with Gasteiger partial charge >= 0.3 is 84.7 Å². The Balaban J connectivity index is 2.93.